The molecular formula is C15H15N4O3S+. The van der Waals surface area contributed by atoms with Gasteiger partial charge in [0, 0.05) is 32.4 Å². The van der Waals surface area contributed by atoms with Crippen LogP contribution in [0.15, 0.2) is 46.4 Å². The van der Waals surface area contributed by atoms with E-state index in [-0.39, 0.29) is 11.4 Å². The first kappa shape index (κ1) is 15.2. The fourth-order valence-electron chi connectivity index (χ4n) is 2.24. The topological polar surface area (TPSA) is 81.0 Å². The Bertz CT molecular complexity index is 973. The molecule has 0 aliphatic rings. The molecule has 8 heteroatoms. The Labute approximate surface area is 135 Å². The average molecular weight is 331 g/mol. The zero-order valence-electron chi connectivity index (χ0n) is 12.6. The lowest BCUT2D eigenvalue weighted by atomic mass is 10.3. The number of thiazole rings is 1. The predicted octanol–water partition coefficient (Wildman–Crippen LogP) is 0.249. The minimum Gasteiger partial charge on any atom is -0.494 e. The van der Waals surface area contributed by atoms with Crippen LogP contribution in [0.1, 0.15) is 4.88 Å². The van der Waals surface area contributed by atoms with E-state index in [9.17, 15) is 14.7 Å². The summed E-state index contributed by atoms with van der Waals surface area (Å²) in [4.78, 5) is 29.2. The number of nitrogens with zero attached hydrogens (tertiary/aromatic N) is 4. The van der Waals surface area contributed by atoms with Gasteiger partial charge in [-0.15, -0.1) is 11.3 Å². The molecule has 0 amide bonds. The van der Waals surface area contributed by atoms with Crippen LogP contribution in [0, 0.1) is 0 Å². The fourth-order valence-corrected chi connectivity index (χ4v) is 3.19. The quantitative estimate of drug-likeness (QED) is 0.698. The van der Waals surface area contributed by atoms with Gasteiger partial charge in [-0.3, -0.25) is 13.9 Å². The Morgan fingerprint density at radius 1 is 1.17 bits per heavy atom. The second-order valence-corrected chi connectivity index (χ2v) is 6.20. The van der Waals surface area contributed by atoms with Gasteiger partial charge < -0.3 is 5.11 Å². The molecule has 0 unspecified atom stereocenters. The van der Waals surface area contributed by atoms with Crippen LogP contribution >= 0.6 is 11.3 Å². The summed E-state index contributed by atoms with van der Waals surface area (Å²) in [6, 6.07) is 5.79. The molecule has 3 aromatic rings. The van der Waals surface area contributed by atoms with Gasteiger partial charge >= 0.3 is 5.69 Å². The maximum Gasteiger partial charge on any atom is 0.333 e. The molecule has 0 saturated heterocycles. The second-order valence-electron chi connectivity index (χ2n) is 5.08. The van der Waals surface area contributed by atoms with Crippen LogP contribution in [-0.4, -0.2) is 19.2 Å². The molecule has 7 nitrogen and oxygen atoms in total. The van der Waals surface area contributed by atoms with Crippen molar-refractivity contribution in [1.82, 2.24) is 14.1 Å². The zero-order valence-corrected chi connectivity index (χ0v) is 13.4. The first-order valence-electron chi connectivity index (χ1n) is 6.87. The monoisotopic (exact) mass is 331 g/mol. The Morgan fingerprint density at radius 2 is 1.87 bits per heavy atom. The van der Waals surface area contributed by atoms with Gasteiger partial charge in [0.25, 0.3) is 5.56 Å². The van der Waals surface area contributed by atoms with Crippen molar-refractivity contribution in [1.29, 1.82) is 0 Å². The van der Waals surface area contributed by atoms with Gasteiger partial charge in [0.2, 0.25) is 5.88 Å². The van der Waals surface area contributed by atoms with E-state index in [0.717, 1.165) is 14.0 Å². The summed E-state index contributed by atoms with van der Waals surface area (Å²) < 4.78 is 3.97. The van der Waals surface area contributed by atoms with E-state index in [1.54, 1.807) is 6.20 Å². The maximum absolute atomic E-state index is 12.3. The standard InChI is InChI=1S/C15H14N4O3S/c1-17-13(20)11(14(21)18(2)15(17)22)12-16-8-10(23-12)9-19-6-4-3-5-7-19/h3-8H,9H2,1-2H3/p+1. The molecule has 3 rings (SSSR count). The normalized spacial score (nSPS) is 10.9. The second kappa shape index (κ2) is 5.81. The van der Waals surface area contributed by atoms with E-state index in [2.05, 4.69) is 4.98 Å². The zero-order chi connectivity index (χ0) is 16.6. The number of pyridine rings is 1. The van der Waals surface area contributed by atoms with E-state index in [1.165, 1.54) is 25.4 Å². The highest BCUT2D eigenvalue weighted by Crippen LogP contribution is 2.27. The number of aromatic nitrogens is 4. The van der Waals surface area contributed by atoms with Crippen LogP contribution in [0.5, 0.6) is 5.88 Å². The minimum atomic E-state index is -0.576. The third-order valence-electron chi connectivity index (χ3n) is 3.52. The van der Waals surface area contributed by atoms with Gasteiger partial charge in [-0.05, 0) is 0 Å². The van der Waals surface area contributed by atoms with Crippen molar-refractivity contribution < 1.29 is 9.67 Å². The van der Waals surface area contributed by atoms with Gasteiger partial charge in [0.15, 0.2) is 18.9 Å². The van der Waals surface area contributed by atoms with Crippen LogP contribution in [0.3, 0.4) is 0 Å². The molecule has 0 atom stereocenters. The molecule has 0 saturated carbocycles. The molecule has 0 aromatic carbocycles. The number of hydrogen-bond acceptors (Lipinski definition) is 5. The summed E-state index contributed by atoms with van der Waals surface area (Å²) in [5.41, 5.74) is -1.09. The van der Waals surface area contributed by atoms with Crippen molar-refractivity contribution in [2.24, 2.45) is 14.1 Å². The van der Waals surface area contributed by atoms with Crippen LogP contribution < -0.4 is 15.8 Å². The summed E-state index contributed by atoms with van der Waals surface area (Å²) in [5.74, 6) is -0.369. The SMILES string of the molecule is Cn1c(O)c(-c2ncc(C[n+]3ccccc3)s2)c(=O)n(C)c1=O. The van der Waals surface area contributed by atoms with Gasteiger partial charge in [0.1, 0.15) is 10.6 Å². The highest BCUT2D eigenvalue weighted by atomic mass is 32.1. The Morgan fingerprint density at radius 3 is 2.57 bits per heavy atom. The Kier molecular flexibility index (Phi) is 3.83. The van der Waals surface area contributed by atoms with Crippen molar-refractivity contribution in [2.75, 3.05) is 0 Å². The summed E-state index contributed by atoms with van der Waals surface area (Å²) in [7, 11) is 2.79. The molecule has 0 radical (unpaired) electrons. The summed E-state index contributed by atoms with van der Waals surface area (Å²) in [6.45, 7) is 0.616. The fraction of sp³-hybridized carbons (Fsp3) is 0.200. The van der Waals surface area contributed by atoms with Gasteiger partial charge in [-0.2, -0.15) is 4.57 Å². The van der Waals surface area contributed by atoms with E-state index < -0.39 is 11.2 Å². The predicted molar refractivity (Wildman–Crippen MR) is 85.4 cm³/mol. The smallest absolute Gasteiger partial charge is 0.333 e. The molecule has 3 aromatic heterocycles. The molecule has 0 spiro atoms. The average Bonchev–Trinajstić information content (AvgIpc) is 3.00. The molecule has 0 aliphatic heterocycles. The number of rotatable bonds is 3. The van der Waals surface area contributed by atoms with Crippen LogP contribution in [0.2, 0.25) is 0 Å². The molecule has 0 bridgehead atoms. The molecule has 0 fully saturated rings. The Balaban J connectivity index is 2.05. The highest BCUT2D eigenvalue weighted by Gasteiger charge is 2.20. The summed E-state index contributed by atoms with van der Waals surface area (Å²) in [5, 5.41) is 10.5. The van der Waals surface area contributed by atoms with E-state index in [1.807, 2.05) is 35.2 Å². The minimum absolute atomic E-state index is 0.0453. The van der Waals surface area contributed by atoms with Crippen LogP contribution in [0.25, 0.3) is 10.6 Å². The van der Waals surface area contributed by atoms with Crippen molar-refractivity contribution in [2.45, 2.75) is 6.54 Å². The number of hydrogen-bond donors (Lipinski definition) is 1. The van der Waals surface area contributed by atoms with Crippen molar-refractivity contribution in [3.05, 3.63) is 62.5 Å². The summed E-state index contributed by atoms with van der Waals surface area (Å²) in [6.07, 6.45) is 5.54. The lowest BCUT2D eigenvalue weighted by Crippen LogP contribution is -2.37. The lowest BCUT2D eigenvalue weighted by molar-refractivity contribution is -0.687. The molecule has 3 heterocycles. The van der Waals surface area contributed by atoms with Crippen molar-refractivity contribution in [3.8, 4) is 16.5 Å². The summed E-state index contributed by atoms with van der Waals surface area (Å²) >= 11 is 1.31. The molecule has 118 valence electrons. The van der Waals surface area contributed by atoms with Crippen LogP contribution in [0.4, 0.5) is 0 Å². The number of aromatic hydroxyl groups is 1. The third-order valence-corrected chi connectivity index (χ3v) is 4.52. The van der Waals surface area contributed by atoms with Gasteiger partial charge in [0.05, 0.1) is 4.88 Å². The molecule has 0 aliphatic carbocycles. The van der Waals surface area contributed by atoms with Gasteiger partial charge in [-0.1, -0.05) is 6.07 Å². The largest absolute Gasteiger partial charge is 0.494 e. The van der Waals surface area contributed by atoms with Crippen LogP contribution in [-0.2, 0) is 20.6 Å². The molecular weight excluding hydrogens is 316 g/mol. The molecule has 1 N–H and O–H groups in total. The maximum atomic E-state index is 12.3. The van der Waals surface area contributed by atoms with Crippen molar-refractivity contribution in [3.63, 3.8) is 0 Å². The Hall–Kier alpha value is -2.74. The lowest BCUT2D eigenvalue weighted by Gasteiger charge is -2.08. The first-order valence-corrected chi connectivity index (χ1v) is 7.69. The molecule has 23 heavy (non-hydrogen) atoms. The third kappa shape index (κ3) is 2.68. The van der Waals surface area contributed by atoms with Crippen molar-refractivity contribution >= 4 is 11.3 Å². The highest BCUT2D eigenvalue weighted by molar-refractivity contribution is 7.15. The van der Waals surface area contributed by atoms with E-state index >= 15 is 0 Å². The first-order chi connectivity index (χ1) is 11.0. The van der Waals surface area contributed by atoms with Gasteiger partial charge in [-0.25, -0.2) is 9.78 Å². The van der Waals surface area contributed by atoms with E-state index in [4.69, 9.17) is 0 Å². The van der Waals surface area contributed by atoms with E-state index in [0.29, 0.717) is 11.6 Å².